The molecule has 1 aliphatic rings. The van der Waals surface area contributed by atoms with Gasteiger partial charge < -0.3 is 15.4 Å². The maximum absolute atomic E-state index is 5.95. The first-order valence-corrected chi connectivity index (χ1v) is 7.45. The van der Waals surface area contributed by atoms with E-state index >= 15 is 0 Å². The molecule has 2 N–H and O–H groups in total. The number of methoxy groups -OCH3 is 1. The van der Waals surface area contributed by atoms with Crippen LogP contribution in [0.4, 0.5) is 5.69 Å². The van der Waals surface area contributed by atoms with Crippen molar-refractivity contribution < 1.29 is 4.74 Å². The van der Waals surface area contributed by atoms with Crippen LogP contribution in [-0.2, 0) is 6.42 Å². The summed E-state index contributed by atoms with van der Waals surface area (Å²) in [5.74, 6) is 0.887. The van der Waals surface area contributed by atoms with E-state index in [1.807, 2.05) is 12.1 Å². The highest BCUT2D eigenvalue weighted by Gasteiger charge is 2.20. The molecule has 0 saturated carbocycles. The van der Waals surface area contributed by atoms with Gasteiger partial charge >= 0.3 is 0 Å². The van der Waals surface area contributed by atoms with Crippen molar-refractivity contribution >= 4 is 5.69 Å². The summed E-state index contributed by atoms with van der Waals surface area (Å²) in [7, 11) is 1.69. The molecular weight excluding hydrogens is 260 g/mol. The van der Waals surface area contributed by atoms with Gasteiger partial charge in [-0.2, -0.15) is 0 Å². The van der Waals surface area contributed by atoms with Crippen LogP contribution in [0.5, 0.6) is 5.75 Å². The van der Waals surface area contributed by atoms with Crippen molar-refractivity contribution in [1.82, 2.24) is 0 Å². The molecule has 0 unspecified atom stereocenters. The molecule has 3 heteroatoms. The van der Waals surface area contributed by atoms with E-state index in [2.05, 4.69) is 42.2 Å². The first kappa shape index (κ1) is 14.0. The first-order chi connectivity index (χ1) is 10.2. The van der Waals surface area contributed by atoms with E-state index < -0.39 is 0 Å². The largest absolute Gasteiger partial charge is 0.497 e. The summed E-state index contributed by atoms with van der Waals surface area (Å²) in [6, 6.07) is 15.1. The van der Waals surface area contributed by atoms with Crippen LogP contribution < -0.4 is 15.4 Å². The Morgan fingerprint density at radius 3 is 2.52 bits per heavy atom. The fourth-order valence-electron chi connectivity index (χ4n) is 2.95. The van der Waals surface area contributed by atoms with Crippen LogP contribution in [0.2, 0.25) is 0 Å². The minimum atomic E-state index is 0.195. The summed E-state index contributed by atoms with van der Waals surface area (Å²) in [5.41, 5.74) is 11.2. The monoisotopic (exact) mass is 282 g/mol. The molecule has 0 fully saturated rings. The van der Waals surface area contributed by atoms with Gasteiger partial charge in [0, 0.05) is 24.8 Å². The van der Waals surface area contributed by atoms with E-state index in [1.165, 1.54) is 22.4 Å². The van der Waals surface area contributed by atoms with Gasteiger partial charge in [0.05, 0.1) is 7.11 Å². The van der Waals surface area contributed by atoms with Crippen molar-refractivity contribution in [1.29, 1.82) is 0 Å². The minimum absolute atomic E-state index is 0.195. The van der Waals surface area contributed by atoms with E-state index in [9.17, 15) is 0 Å². The lowest BCUT2D eigenvalue weighted by Gasteiger charge is -2.22. The second-order valence-corrected chi connectivity index (χ2v) is 5.75. The Hall–Kier alpha value is -2.00. The Bertz CT molecular complexity index is 620. The third-order valence-corrected chi connectivity index (χ3v) is 4.01. The van der Waals surface area contributed by atoms with Gasteiger partial charge in [-0.3, -0.25) is 0 Å². The van der Waals surface area contributed by atoms with Gasteiger partial charge in [0.25, 0.3) is 0 Å². The average molecular weight is 282 g/mol. The predicted molar refractivity (Wildman–Crippen MR) is 88.0 cm³/mol. The molecular formula is C18H22N2O. The summed E-state index contributed by atoms with van der Waals surface area (Å²) in [6.07, 6.45) is 1.12. The Morgan fingerprint density at radius 1 is 1.14 bits per heavy atom. The highest BCUT2D eigenvalue weighted by Crippen LogP contribution is 2.33. The fraction of sp³-hybridized carbons (Fsp3) is 0.333. The molecule has 0 spiro atoms. The normalized spacial score (nSPS) is 14.9. The number of nitrogens with two attached hydrogens (primary N) is 1. The molecule has 0 aliphatic carbocycles. The molecule has 21 heavy (non-hydrogen) atoms. The Balaban J connectivity index is 1.91. The maximum Gasteiger partial charge on any atom is 0.118 e. The Labute approximate surface area is 126 Å². The SMILES string of the molecule is COc1ccc(-c2ccc3c(c2)N(C[C@H](C)N)CC3)cc1. The van der Waals surface area contributed by atoms with Gasteiger partial charge in [0.2, 0.25) is 0 Å². The van der Waals surface area contributed by atoms with E-state index in [0.717, 1.165) is 25.3 Å². The lowest BCUT2D eigenvalue weighted by atomic mass is 10.0. The minimum Gasteiger partial charge on any atom is -0.497 e. The van der Waals surface area contributed by atoms with E-state index in [1.54, 1.807) is 7.11 Å². The molecule has 1 heterocycles. The number of hydrogen-bond acceptors (Lipinski definition) is 3. The molecule has 0 aromatic heterocycles. The summed E-state index contributed by atoms with van der Waals surface area (Å²) < 4.78 is 5.22. The van der Waals surface area contributed by atoms with E-state index in [4.69, 9.17) is 10.5 Å². The van der Waals surface area contributed by atoms with Crippen molar-refractivity contribution in [3.63, 3.8) is 0 Å². The molecule has 3 nitrogen and oxygen atoms in total. The van der Waals surface area contributed by atoms with E-state index in [-0.39, 0.29) is 6.04 Å². The van der Waals surface area contributed by atoms with Crippen molar-refractivity contribution in [3.05, 3.63) is 48.0 Å². The highest BCUT2D eigenvalue weighted by atomic mass is 16.5. The average Bonchev–Trinajstić information content (AvgIpc) is 2.89. The second kappa shape index (κ2) is 5.78. The van der Waals surface area contributed by atoms with Gasteiger partial charge in [-0.05, 0) is 48.2 Å². The van der Waals surface area contributed by atoms with Crippen LogP contribution in [-0.4, -0.2) is 26.2 Å². The number of anilines is 1. The number of fused-ring (bicyclic) bond motifs is 1. The molecule has 3 rings (SSSR count). The third-order valence-electron chi connectivity index (χ3n) is 4.01. The molecule has 0 radical (unpaired) electrons. The molecule has 0 bridgehead atoms. The summed E-state index contributed by atoms with van der Waals surface area (Å²) >= 11 is 0. The topological polar surface area (TPSA) is 38.5 Å². The summed E-state index contributed by atoms with van der Waals surface area (Å²) in [5, 5.41) is 0. The predicted octanol–water partition coefficient (Wildman–Crippen LogP) is 3.07. The standard InChI is InChI=1S/C18H22N2O/c1-13(19)12-20-10-9-15-3-4-16(11-18(15)20)14-5-7-17(21-2)8-6-14/h3-8,11,13H,9-10,12,19H2,1-2H3/t13-/m0/s1. The fourth-order valence-corrected chi connectivity index (χ4v) is 2.95. The lowest BCUT2D eigenvalue weighted by Crippen LogP contribution is -2.34. The highest BCUT2D eigenvalue weighted by molar-refractivity contribution is 5.72. The smallest absolute Gasteiger partial charge is 0.118 e. The molecule has 2 aromatic carbocycles. The van der Waals surface area contributed by atoms with Crippen LogP contribution in [0.15, 0.2) is 42.5 Å². The zero-order valence-corrected chi connectivity index (χ0v) is 12.7. The molecule has 110 valence electrons. The third kappa shape index (κ3) is 2.88. The number of rotatable bonds is 4. The summed E-state index contributed by atoms with van der Waals surface area (Å²) in [4.78, 5) is 2.40. The zero-order chi connectivity index (χ0) is 14.8. The van der Waals surface area contributed by atoms with Gasteiger partial charge in [0.1, 0.15) is 5.75 Å². The van der Waals surface area contributed by atoms with Crippen LogP contribution >= 0.6 is 0 Å². The first-order valence-electron chi connectivity index (χ1n) is 7.45. The van der Waals surface area contributed by atoms with Crippen molar-refractivity contribution in [3.8, 4) is 16.9 Å². The van der Waals surface area contributed by atoms with Crippen molar-refractivity contribution in [2.45, 2.75) is 19.4 Å². The van der Waals surface area contributed by atoms with Gasteiger partial charge in [-0.1, -0.05) is 24.3 Å². The van der Waals surface area contributed by atoms with Gasteiger partial charge in [-0.15, -0.1) is 0 Å². The number of benzene rings is 2. The van der Waals surface area contributed by atoms with Crippen LogP contribution in [0.3, 0.4) is 0 Å². The molecule has 2 aromatic rings. The second-order valence-electron chi connectivity index (χ2n) is 5.75. The zero-order valence-electron chi connectivity index (χ0n) is 12.7. The van der Waals surface area contributed by atoms with Crippen LogP contribution in [0.25, 0.3) is 11.1 Å². The Morgan fingerprint density at radius 2 is 1.86 bits per heavy atom. The van der Waals surface area contributed by atoms with Crippen LogP contribution in [0, 0.1) is 0 Å². The maximum atomic E-state index is 5.95. The number of ether oxygens (including phenoxy) is 1. The van der Waals surface area contributed by atoms with Gasteiger partial charge in [-0.25, -0.2) is 0 Å². The van der Waals surface area contributed by atoms with Crippen molar-refractivity contribution in [2.75, 3.05) is 25.1 Å². The number of nitrogens with zero attached hydrogens (tertiary/aromatic N) is 1. The van der Waals surface area contributed by atoms with Gasteiger partial charge in [0.15, 0.2) is 0 Å². The van der Waals surface area contributed by atoms with Crippen molar-refractivity contribution in [2.24, 2.45) is 5.73 Å². The van der Waals surface area contributed by atoms with E-state index in [0.29, 0.717) is 0 Å². The molecule has 1 atom stereocenters. The molecule has 1 aliphatic heterocycles. The molecule has 0 amide bonds. The lowest BCUT2D eigenvalue weighted by molar-refractivity contribution is 0.415. The molecule has 0 saturated heterocycles. The quantitative estimate of drug-likeness (QED) is 0.936. The summed E-state index contributed by atoms with van der Waals surface area (Å²) in [6.45, 7) is 4.05. The Kier molecular flexibility index (Phi) is 3.84. The number of hydrogen-bond donors (Lipinski definition) is 1. The van der Waals surface area contributed by atoms with Crippen LogP contribution in [0.1, 0.15) is 12.5 Å².